The number of benzene rings is 1. The minimum absolute atomic E-state index is 0.0128. The van der Waals surface area contributed by atoms with Crippen molar-refractivity contribution in [1.29, 1.82) is 0 Å². The maximum Gasteiger partial charge on any atom is 0.257 e. The topological polar surface area (TPSA) is 100 Å². The molecule has 0 atom stereocenters. The Morgan fingerprint density at radius 2 is 1.63 bits per heavy atom. The minimum atomic E-state index is -1.00. The van der Waals surface area contributed by atoms with Gasteiger partial charge in [0.05, 0.1) is 25.2 Å². The van der Waals surface area contributed by atoms with Crippen LogP contribution in [0.3, 0.4) is 0 Å². The second kappa shape index (κ2) is 10.3. The largest absolute Gasteiger partial charge is 0.491 e. The molecule has 0 N–H and O–H groups in total. The summed E-state index contributed by atoms with van der Waals surface area (Å²) in [6.07, 6.45) is 4.17. The zero-order valence-electron chi connectivity index (χ0n) is 20.7. The lowest BCUT2D eigenvalue weighted by molar-refractivity contribution is -0.133. The molecule has 8 nitrogen and oxygen atoms in total. The number of methoxy groups -OCH3 is 2. The van der Waals surface area contributed by atoms with E-state index in [4.69, 9.17) is 25.8 Å². The first-order valence-electron chi connectivity index (χ1n) is 11.8. The molecular formula is C28H23ClFN3O5. The summed E-state index contributed by atoms with van der Waals surface area (Å²) in [5, 5.41) is 0.197. The number of ether oxygens (including phenoxy) is 3. The lowest BCUT2D eigenvalue weighted by Crippen LogP contribution is -2.29. The lowest BCUT2D eigenvalue weighted by atomic mass is 9.88. The molecule has 0 unspecified atom stereocenters. The molecule has 0 spiro atoms. The van der Waals surface area contributed by atoms with Crippen molar-refractivity contribution < 1.29 is 28.2 Å². The number of aromatic nitrogens is 3. The number of nitrogens with zero attached hydrogens (tertiary/aromatic N) is 3. The van der Waals surface area contributed by atoms with E-state index in [-0.39, 0.29) is 47.0 Å². The van der Waals surface area contributed by atoms with E-state index in [0.717, 1.165) is 0 Å². The van der Waals surface area contributed by atoms with Gasteiger partial charge in [-0.3, -0.25) is 14.6 Å². The van der Waals surface area contributed by atoms with Crippen molar-refractivity contribution in [3.63, 3.8) is 0 Å². The Morgan fingerprint density at radius 1 is 0.921 bits per heavy atom. The Balaban J connectivity index is 1.31. The zero-order valence-corrected chi connectivity index (χ0v) is 21.4. The van der Waals surface area contributed by atoms with Crippen LogP contribution >= 0.6 is 11.6 Å². The first-order valence-corrected chi connectivity index (χ1v) is 12.2. The van der Waals surface area contributed by atoms with E-state index in [9.17, 15) is 14.0 Å². The molecule has 0 amide bonds. The van der Waals surface area contributed by atoms with Gasteiger partial charge in [0.15, 0.2) is 23.1 Å². The molecule has 3 aromatic heterocycles. The Kier molecular flexibility index (Phi) is 6.94. The highest BCUT2D eigenvalue weighted by Gasteiger charge is 2.54. The van der Waals surface area contributed by atoms with Crippen molar-refractivity contribution in [2.75, 3.05) is 14.2 Å². The van der Waals surface area contributed by atoms with Gasteiger partial charge in [-0.05, 0) is 42.2 Å². The van der Waals surface area contributed by atoms with E-state index < -0.39 is 5.41 Å². The van der Waals surface area contributed by atoms with Crippen molar-refractivity contribution in [3.05, 3.63) is 76.8 Å². The average molecular weight is 536 g/mol. The van der Waals surface area contributed by atoms with Crippen LogP contribution in [0.4, 0.5) is 4.39 Å². The van der Waals surface area contributed by atoms with E-state index in [0.29, 0.717) is 46.5 Å². The number of Topliss-reactive ketones (excluding diaryl/α,β-unsaturated/α-hetero) is 2. The molecule has 38 heavy (non-hydrogen) atoms. The summed E-state index contributed by atoms with van der Waals surface area (Å²) in [7, 11) is 2.99. The van der Waals surface area contributed by atoms with Crippen LogP contribution in [0, 0.1) is 11.2 Å². The third kappa shape index (κ3) is 5.02. The third-order valence-corrected chi connectivity index (χ3v) is 6.82. The Hall–Kier alpha value is -4.11. The molecule has 1 fully saturated rings. The van der Waals surface area contributed by atoms with Crippen LogP contribution in [0.2, 0.25) is 5.02 Å². The van der Waals surface area contributed by atoms with E-state index >= 15 is 0 Å². The highest BCUT2D eigenvalue weighted by atomic mass is 35.5. The van der Waals surface area contributed by atoms with Crippen LogP contribution in [0.15, 0.2) is 54.9 Å². The molecule has 5 rings (SSSR count). The molecule has 4 aromatic rings. The number of halogens is 2. The quantitative estimate of drug-likeness (QED) is 0.251. The van der Waals surface area contributed by atoms with Gasteiger partial charge in [0.2, 0.25) is 5.88 Å². The predicted octanol–water partition coefficient (Wildman–Crippen LogP) is 5.33. The van der Waals surface area contributed by atoms with Crippen molar-refractivity contribution in [2.45, 2.75) is 25.7 Å². The second-order valence-corrected chi connectivity index (χ2v) is 9.43. The highest BCUT2D eigenvalue weighted by Crippen LogP contribution is 2.49. The maximum absolute atomic E-state index is 13.2. The Bertz CT molecular complexity index is 1540. The zero-order chi connectivity index (χ0) is 26.9. The van der Waals surface area contributed by atoms with Crippen LogP contribution in [0.25, 0.3) is 11.0 Å². The molecule has 0 aliphatic heterocycles. The fourth-order valence-electron chi connectivity index (χ4n) is 4.28. The highest BCUT2D eigenvalue weighted by molar-refractivity contribution is 6.32. The summed E-state index contributed by atoms with van der Waals surface area (Å²) in [5.41, 5.74) is 1.20. The van der Waals surface area contributed by atoms with Crippen LogP contribution < -0.4 is 14.2 Å². The van der Waals surface area contributed by atoms with Crippen molar-refractivity contribution in [3.8, 4) is 23.3 Å². The van der Waals surface area contributed by atoms with Crippen molar-refractivity contribution in [1.82, 2.24) is 15.0 Å². The minimum Gasteiger partial charge on any atom is -0.491 e. The summed E-state index contributed by atoms with van der Waals surface area (Å²) in [6, 6.07) is 10.6. The fraction of sp³-hybridized carbons (Fsp3) is 0.250. The summed E-state index contributed by atoms with van der Waals surface area (Å²) < 4.78 is 29.7. The van der Waals surface area contributed by atoms with Gasteiger partial charge in [-0.25, -0.2) is 14.4 Å². The summed E-state index contributed by atoms with van der Waals surface area (Å²) in [6.45, 7) is 0. The molecule has 0 saturated heterocycles. The number of rotatable bonds is 10. The monoisotopic (exact) mass is 535 g/mol. The molecule has 1 aliphatic rings. The van der Waals surface area contributed by atoms with Crippen LogP contribution in [0.5, 0.6) is 23.3 Å². The van der Waals surface area contributed by atoms with Crippen LogP contribution in [-0.4, -0.2) is 40.7 Å². The molecule has 1 aromatic carbocycles. The molecule has 3 heterocycles. The first kappa shape index (κ1) is 25.5. The van der Waals surface area contributed by atoms with Gasteiger partial charge in [0.1, 0.15) is 16.4 Å². The van der Waals surface area contributed by atoms with Crippen LogP contribution in [0.1, 0.15) is 24.0 Å². The van der Waals surface area contributed by atoms with E-state index in [1.807, 2.05) is 0 Å². The second-order valence-electron chi connectivity index (χ2n) is 9.02. The number of pyridine rings is 3. The van der Waals surface area contributed by atoms with E-state index in [2.05, 4.69) is 15.0 Å². The lowest BCUT2D eigenvalue weighted by Gasteiger charge is -2.14. The van der Waals surface area contributed by atoms with Gasteiger partial charge in [-0.15, -0.1) is 0 Å². The van der Waals surface area contributed by atoms with Crippen molar-refractivity contribution in [2.24, 2.45) is 5.41 Å². The standard InChI is InChI=1S/C28H23ClFN3O5/c1-36-22-14-20-25(33-27(22)37-2)21(7-10-31-20)38-26-19(29)11-17(15-32-26)13-24(35)28(8-9-28)23(34)12-16-3-5-18(30)6-4-16/h3-7,10-11,14-15H,8-9,12-13H2,1-2H3. The number of hydrogen-bond acceptors (Lipinski definition) is 8. The number of carbonyl (C=O) groups excluding carboxylic acids is 2. The summed E-state index contributed by atoms with van der Waals surface area (Å²) in [4.78, 5) is 39.1. The molecule has 10 heteroatoms. The smallest absolute Gasteiger partial charge is 0.257 e. The SMILES string of the molecule is COc1cc2nccc(Oc3ncc(CC(=O)C4(C(=O)Cc5ccc(F)cc5)CC4)cc3Cl)c2nc1OC. The molecule has 194 valence electrons. The molecule has 0 radical (unpaired) electrons. The third-order valence-electron chi connectivity index (χ3n) is 6.55. The number of hydrogen-bond donors (Lipinski definition) is 0. The predicted molar refractivity (Wildman–Crippen MR) is 137 cm³/mol. The maximum atomic E-state index is 13.2. The van der Waals surface area contributed by atoms with Gasteiger partial charge in [-0.1, -0.05) is 23.7 Å². The molecular weight excluding hydrogens is 513 g/mol. The van der Waals surface area contributed by atoms with Gasteiger partial charge in [0.25, 0.3) is 5.88 Å². The van der Waals surface area contributed by atoms with Crippen LogP contribution in [-0.2, 0) is 22.4 Å². The summed E-state index contributed by atoms with van der Waals surface area (Å²) in [5.74, 6) is 0.480. The Morgan fingerprint density at radius 3 is 2.26 bits per heavy atom. The number of carbonyl (C=O) groups is 2. The number of ketones is 2. The molecule has 0 bridgehead atoms. The molecule has 1 saturated carbocycles. The van der Waals surface area contributed by atoms with Gasteiger partial charge in [-0.2, -0.15) is 0 Å². The Labute approximate surface area is 222 Å². The average Bonchev–Trinajstić information content (AvgIpc) is 3.73. The van der Waals surface area contributed by atoms with E-state index in [1.54, 1.807) is 36.5 Å². The fourth-order valence-corrected chi connectivity index (χ4v) is 4.50. The van der Waals surface area contributed by atoms with Gasteiger partial charge >= 0.3 is 0 Å². The van der Waals surface area contributed by atoms with Gasteiger partial charge in [0, 0.05) is 37.4 Å². The van der Waals surface area contributed by atoms with Gasteiger partial charge < -0.3 is 14.2 Å². The molecule has 1 aliphatic carbocycles. The normalized spacial score (nSPS) is 13.7. The first-order chi connectivity index (χ1) is 18.3. The summed E-state index contributed by atoms with van der Waals surface area (Å²) >= 11 is 6.46. The van der Waals surface area contributed by atoms with E-state index in [1.165, 1.54) is 32.5 Å². The number of fused-ring (bicyclic) bond motifs is 1. The van der Waals surface area contributed by atoms with Crippen molar-refractivity contribution >= 4 is 34.2 Å².